The van der Waals surface area contributed by atoms with E-state index in [0.717, 1.165) is 32.1 Å². The molecule has 19 heavy (non-hydrogen) atoms. The lowest BCUT2D eigenvalue weighted by atomic mass is 10.1. The van der Waals surface area contributed by atoms with Gasteiger partial charge < -0.3 is 0 Å². The summed E-state index contributed by atoms with van der Waals surface area (Å²) in [5, 5.41) is 7.33. The fraction of sp³-hybridized carbons (Fsp3) is 0.692. The molecule has 0 aromatic carbocycles. The third-order valence-electron chi connectivity index (χ3n) is 2.44. The number of hydrogen-bond donors (Lipinski definition) is 2. The monoisotopic (exact) mass is 268 g/mol. The van der Waals surface area contributed by atoms with Gasteiger partial charge in [-0.05, 0) is 26.7 Å². The highest BCUT2D eigenvalue weighted by molar-refractivity contribution is 5.76. The van der Waals surface area contributed by atoms with Crippen molar-refractivity contribution in [2.45, 2.75) is 58.8 Å². The maximum Gasteiger partial charge on any atom is 0.240 e. The maximum atomic E-state index is 11.2. The van der Waals surface area contributed by atoms with Crippen molar-refractivity contribution in [1.29, 1.82) is 0 Å². The summed E-state index contributed by atoms with van der Waals surface area (Å²) in [4.78, 5) is 22.4. The molecule has 0 heterocycles. The second-order valence-electron chi connectivity index (χ2n) is 4.11. The predicted octanol–water partition coefficient (Wildman–Crippen LogP) is 1.96. The molecule has 0 saturated heterocycles. The summed E-state index contributed by atoms with van der Waals surface area (Å²) in [7, 11) is 0. The average molecular weight is 268 g/mol. The van der Waals surface area contributed by atoms with Gasteiger partial charge in [0.1, 0.15) is 0 Å². The molecule has 108 valence electrons. The first-order chi connectivity index (χ1) is 9.20. The molecule has 0 aliphatic rings. The quantitative estimate of drug-likeness (QED) is 0.360. The van der Waals surface area contributed by atoms with Crippen LogP contribution < -0.4 is 10.9 Å². The van der Waals surface area contributed by atoms with Crippen molar-refractivity contribution < 1.29 is 9.59 Å². The number of unbranched alkanes of at least 4 members (excludes halogenated alkanes) is 4. The van der Waals surface area contributed by atoms with Crippen molar-refractivity contribution in [3.8, 4) is 0 Å². The number of nitrogens with one attached hydrogen (secondary N) is 2. The minimum Gasteiger partial charge on any atom is -0.273 e. The molecular formula is C13H24N4O2. The van der Waals surface area contributed by atoms with E-state index >= 15 is 0 Å². The maximum absolute atomic E-state index is 11.2. The molecule has 2 amide bonds. The Labute approximate surface area is 114 Å². The Bertz CT molecular complexity index is 284. The Kier molecular flexibility index (Phi) is 11.6. The van der Waals surface area contributed by atoms with E-state index in [4.69, 9.17) is 0 Å². The van der Waals surface area contributed by atoms with Crippen molar-refractivity contribution in [3.63, 3.8) is 0 Å². The zero-order valence-corrected chi connectivity index (χ0v) is 11.8. The van der Waals surface area contributed by atoms with E-state index in [1.165, 1.54) is 0 Å². The van der Waals surface area contributed by atoms with Gasteiger partial charge in [-0.2, -0.15) is 10.2 Å². The van der Waals surface area contributed by atoms with Crippen LogP contribution in [0.1, 0.15) is 58.8 Å². The van der Waals surface area contributed by atoms with Crippen LogP contribution in [0.15, 0.2) is 10.2 Å². The lowest BCUT2D eigenvalue weighted by molar-refractivity contribution is -0.121. The van der Waals surface area contributed by atoms with Crippen molar-refractivity contribution in [3.05, 3.63) is 0 Å². The highest BCUT2D eigenvalue weighted by Crippen LogP contribution is 2.07. The van der Waals surface area contributed by atoms with Crippen molar-refractivity contribution in [1.82, 2.24) is 10.9 Å². The summed E-state index contributed by atoms with van der Waals surface area (Å²) in [5.41, 5.74) is 4.87. The predicted molar refractivity (Wildman–Crippen MR) is 76.9 cm³/mol. The summed E-state index contributed by atoms with van der Waals surface area (Å²) in [5.74, 6) is -0.0928. The van der Waals surface area contributed by atoms with Crippen LogP contribution in [0.3, 0.4) is 0 Å². The molecule has 0 bridgehead atoms. The second kappa shape index (κ2) is 12.7. The molecule has 0 aromatic rings. The van der Waals surface area contributed by atoms with Gasteiger partial charge in [-0.15, -0.1) is 0 Å². The van der Waals surface area contributed by atoms with E-state index < -0.39 is 0 Å². The number of amides is 2. The Hall–Kier alpha value is -1.72. The molecule has 6 heteroatoms. The first-order valence-corrected chi connectivity index (χ1v) is 6.73. The summed E-state index contributed by atoms with van der Waals surface area (Å²) >= 11 is 0. The topological polar surface area (TPSA) is 82.9 Å². The lowest BCUT2D eigenvalue weighted by Gasteiger charge is -2.01. The number of carbonyl (C=O) groups excluding carboxylic acids is 2. The number of hydrogen-bond acceptors (Lipinski definition) is 4. The van der Waals surface area contributed by atoms with Crippen LogP contribution in [-0.2, 0) is 9.59 Å². The highest BCUT2D eigenvalue weighted by atomic mass is 16.2. The van der Waals surface area contributed by atoms with Crippen LogP contribution in [0, 0.1) is 0 Å². The summed E-state index contributed by atoms with van der Waals surface area (Å²) in [6.07, 6.45) is 8.85. The van der Waals surface area contributed by atoms with E-state index in [2.05, 4.69) is 21.1 Å². The molecule has 2 N–H and O–H groups in total. The third-order valence-corrected chi connectivity index (χ3v) is 2.44. The molecule has 0 rings (SSSR count). The van der Waals surface area contributed by atoms with E-state index in [-0.39, 0.29) is 11.8 Å². The number of nitrogens with zero attached hydrogens (tertiary/aromatic N) is 2. The first-order valence-electron chi connectivity index (χ1n) is 6.73. The molecule has 0 aliphatic heterocycles. The lowest BCUT2D eigenvalue weighted by Crippen LogP contribution is -2.16. The smallest absolute Gasteiger partial charge is 0.240 e. The molecule has 6 nitrogen and oxygen atoms in total. The van der Waals surface area contributed by atoms with Crippen LogP contribution in [0.5, 0.6) is 0 Å². The van der Waals surface area contributed by atoms with Crippen LogP contribution in [0.4, 0.5) is 0 Å². The molecule has 0 fully saturated rings. The van der Waals surface area contributed by atoms with Gasteiger partial charge in [0.2, 0.25) is 11.8 Å². The van der Waals surface area contributed by atoms with E-state index in [1.54, 1.807) is 26.3 Å². The molecule has 0 spiro atoms. The minimum absolute atomic E-state index is 0.0464. The summed E-state index contributed by atoms with van der Waals surface area (Å²) < 4.78 is 0. The van der Waals surface area contributed by atoms with E-state index in [9.17, 15) is 9.59 Å². The van der Waals surface area contributed by atoms with Gasteiger partial charge in [0.05, 0.1) is 0 Å². The van der Waals surface area contributed by atoms with Crippen molar-refractivity contribution >= 4 is 24.2 Å². The highest BCUT2D eigenvalue weighted by Gasteiger charge is 2.00. The Morgan fingerprint density at radius 2 is 1.16 bits per heavy atom. The molecule has 0 unspecified atom stereocenters. The normalized spacial score (nSPS) is 11.1. The number of hydrazone groups is 2. The van der Waals surface area contributed by atoms with Crippen LogP contribution in [-0.4, -0.2) is 24.2 Å². The largest absolute Gasteiger partial charge is 0.273 e. The SMILES string of the molecule is C/C=N/NC(=O)CCCCCCCC(=O)N/N=C/C. The van der Waals surface area contributed by atoms with Gasteiger partial charge in [-0.25, -0.2) is 10.9 Å². The third kappa shape index (κ3) is 12.5. The van der Waals surface area contributed by atoms with Crippen LogP contribution in [0.25, 0.3) is 0 Å². The van der Waals surface area contributed by atoms with Gasteiger partial charge in [-0.3, -0.25) is 9.59 Å². The number of rotatable bonds is 10. The fourth-order valence-electron chi connectivity index (χ4n) is 1.49. The van der Waals surface area contributed by atoms with Gasteiger partial charge in [0.25, 0.3) is 0 Å². The Balaban J connectivity index is 3.31. The molecule has 0 aromatic heterocycles. The average Bonchev–Trinajstić information content (AvgIpc) is 2.41. The van der Waals surface area contributed by atoms with Crippen LogP contribution in [0.2, 0.25) is 0 Å². The molecule has 0 atom stereocenters. The standard InChI is InChI=1S/C13H24N4O2/c1-3-14-16-12(18)10-8-6-5-7-9-11-13(19)17-15-4-2/h3-4H,5-11H2,1-2H3,(H,16,18)(H,17,19)/b14-3+,15-4+. The first kappa shape index (κ1) is 17.3. The Morgan fingerprint density at radius 1 is 0.789 bits per heavy atom. The Morgan fingerprint density at radius 3 is 1.53 bits per heavy atom. The molecule has 0 radical (unpaired) electrons. The van der Waals surface area contributed by atoms with Gasteiger partial charge in [0, 0.05) is 25.3 Å². The fourth-order valence-corrected chi connectivity index (χ4v) is 1.49. The van der Waals surface area contributed by atoms with Crippen LogP contribution >= 0.6 is 0 Å². The summed E-state index contributed by atoms with van der Waals surface area (Å²) in [6, 6.07) is 0. The van der Waals surface area contributed by atoms with Crippen molar-refractivity contribution in [2.75, 3.05) is 0 Å². The van der Waals surface area contributed by atoms with Gasteiger partial charge in [0.15, 0.2) is 0 Å². The van der Waals surface area contributed by atoms with Gasteiger partial charge in [-0.1, -0.05) is 19.3 Å². The number of carbonyl (C=O) groups is 2. The molecule has 0 saturated carbocycles. The zero-order chi connectivity index (χ0) is 14.3. The second-order valence-corrected chi connectivity index (χ2v) is 4.11. The minimum atomic E-state index is -0.0464. The van der Waals surface area contributed by atoms with Crippen molar-refractivity contribution in [2.24, 2.45) is 10.2 Å². The summed E-state index contributed by atoms with van der Waals surface area (Å²) in [6.45, 7) is 3.50. The molecular weight excluding hydrogens is 244 g/mol. The van der Waals surface area contributed by atoms with E-state index in [0.29, 0.717) is 12.8 Å². The van der Waals surface area contributed by atoms with E-state index in [1.807, 2.05) is 0 Å². The zero-order valence-electron chi connectivity index (χ0n) is 11.8. The molecule has 0 aliphatic carbocycles. The van der Waals surface area contributed by atoms with Gasteiger partial charge >= 0.3 is 0 Å².